The van der Waals surface area contributed by atoms with Crippen molar-refractivity contribution in [3.05, 3.63) is 29.3 Å². The van der Waals surface area contributed by atoms with Gasteiger partial charge in [0.05, 0.1) is 12.2 Å². The maximum absolute atomic E-state index is 6.18. The lowest BCUT2D eigenvalue weighted by Gasteiger charge is -2.26. The Morgan fingerprint density at radius 1 is 1.20 bits per heavy atom. The van der Waals surface area contributed by atoms with E-state index in [1.54, 1.807) is 0 Å². The number of para-hydroxylation sites is 1. The van der Waals surface area contributed by atoms with Gasteiger partial charge in [-0.25, -0.2) is 0 Å². The fraction of sp³-hybridized carbons (Fsp3) is 0.579. The molecule has 1 aliphatic carbocycles. The van der Waals surface area contributed by atoms with Crippen LogP contribution in [0.3, 0.4) is 0 Å². The quantitative estimate of drug-likeness (QED) is 0.708. The highest BCUT2D eigenvalue weighted by molar-refractivity contribution is 5.52. The summed E-state index contributed by atoms with van der Waals surface area (Å²) in [6, 6.07) is 6.14. The van der Waals surface area contributed by atoms with Crippen molar-refractivity contribution in [2.45, 2.75) is 58.3 Å². The average molecular weight is 270 g/mol. The molecule has 2 rings (SSSR count). The fourth-order valence-corrected chi connectivity index (χ4v) is 2.95. The van der Waals surface area contributed by atoms with Gasteiger partial charge in [-0.3, -0.25) is 0 Å². The van der Waals surface area contributed by atoms with Crippen molar-refractivity contribution in [1.82, 2.24) is 0 Å². The molecular formula is C19H26O. The molecule has 0 N–H and O–H groups in total. The SMILES string of the molecule is C#Cc1cccc(C(C)(C)C)c1OCC1CCCCC1. The Labute approximate surface area is 123 Å². The summed E-state index contributed by atoms with van der Waals surface area (Å²) in [5, 5.41) is 0. The molecule has 1 saturated carbocycles. The number of hydrogen-bond donors (Lipinski definition) is 0. The van der Waals surface area contributed by atoms with Crippen LogP contribution in [-0.4, -0.2) is 6.61 Å². The van der Waals surface area contributed by atoms with E-state index in [-0.39, 0.29) is 5.41 Å². The number of hydrogen-bond acceptors (Lipinski definition) is 1. The minimum Gasteiger partial charge on any atom is -0.492 e. The van der Waals surface area contributed by atoms with Gasteiger partial charge in [-0.05, 0) is 30.2 Å². The third-order valence-electron chi connectivity index (χ3n) is 4.17. The van der Waals surface area contributed by atoms with Crippen molar-refractivity contribution >= 4 is 0 Å². The lowest BCUT2D eigenvalue weighted by molar-refractivity contribution is 0.205. The Hall–Kier alpha value is -1.42. The molecule has 0 atom stereocenters. The van der Waals surface area contributed by atoms with E-state index in [4.69, 9.17) is 11.2 Å². The van der Waals surface area contributed by atoms with Gasteiger partial charge in [0.1, 0.15) is 5.75 Å². The van der Waals surface area contributed by atoms with Crippen molar-refractivity contribution in [2.24, 2.45) is 5.92 Å². The molecule has 1 aliphatic rings. The van der Waals surface area contributed by atoms with E-state index >= 15 is 0 Å². The summed E-state index contributed by atoms with van der Waals surface area (Å²) in [4.78, 5) is 0. The van der Waals surface area contributed by atoms with Crippen molar-refractivity contribution in [1.29, 1.82) is 0 Å². The Morgan fingerprint density at radius 2 is 1.90 bits per heavy atom. The molecule has 1 aromatic carbocycles. The molecule has 1 heteroatoms. The van der Waals surface area contributed by atoms with Crippen LogP contribution in [0.5, 0.6) is 5.75 Å². The zero-order valence-electron chi connectivity index (χ0n) is 13.0. The summed E-state index contributed by atoms with van der Waals surface area (Å²) in [6.45, 7) is 7.42. The van der Waals surface area contributed by atoms with Gasteiger partial charge in [0.2, 0.25) is 0 Å². The van der Waals surface area contributed by atoms with Gasteiger partial charge in [0.15, 0.2) is 0 Å². The molecule has 0 aromatic heterocycles. The predicted octanol–water partition coefficient (Wildman–Crippen LogP) is 4.92. The highest BCUT2D eigenvalue weighted by Crippen LogP contribution is 2.35. The highest BCUT2D eigenvalue weighted by Gasteiger charge is 2.22. The number of ether oxygens (including phenoxy) is 1. The van der Waals surface area contributed by atoms with Crippen LogP contribution in [0.1, 0.15) is 64.0 Å². The first-order valence-electron chi connectivity index (χ1n) is 7.75. The standard InChI is InChI=1S/C19H26O/c1-5-16-12-9-13-17(19(2,3)4)18(16)20-14-15-10-7-6-8-11-15/h1,9,12-13,15H,6-8,10-11,14H2,2-4H3. The summed E-state index contributed by atoms with van der Waals surface area (Å²) in [5.74, 6) is 4.39. The van der Waals surface area contributed by atoms with Crippen LogP contribution < -0.4 is 4.74 Å². The first-order valence-corrected chi connectivity index (χ1v) is 7.75. The van der Waals surface area contributed by atoms with Crippen LogP contribution in [0, 0.1) is 18.3 Å². The normalized spacial score (nSPS) is 16.7. The minimum atomic E-state index is 0.0504. The second-order valence-corrected chi connectivity index (χ2v) is 6.89. The van der Waals surface area contributed by atoms with Crippen molar-refractivity contribution in [3.8, 4) is 18.1 Å². The van der Waals surface area contributed by atoms with Crippen molar-refractivity contribution < 1.29 is 4.74 Å². The molecule has 0 heterocycles. The monoisotopic (exact) mass is 270 g/mol. The Balaban J connectivity index is 2.18. The van der Waals surface area contributed by atoms with E-state index in [1.165, 1.54) is 37.7 Å². The zero-order chi connectivity index (χ0) is 14.6. The molecule has 0 spiro atoms. The number of rotatable bonds is 3. The van der Waals surface area contributed by atoms with Gasteiger partial charge >= 0.3 is 0 Å². The highest BCUT2D eigenvalue weighted by atomic mass is 16.5. The van der Waals surface area contributed by atoms with Crippen molar-refractivity contribution in [2.75, 3.05) is 6.61 Å². The summed E-state index contributed by atoms with van der Waals surface area (Å²) in [5.41, 5.74) is 2.14. The average Bonchev–Trinajstić information content (AvgIpc) is 2.44. The Bertz CT molecular complexity index is 481. The van der Waals surface area contributed by atoms with Crippen LogP contribution in [0.4, 0.5) is 0 Å². The van der Waals surface area contributed by atoms with Gasteiger partial charge in [0, 0.05) is 5.56 Å². The molecule has 0 saturated heterocycles. The number of terminal acetylenes is 1. The second kappa shape index (κ2) is 6.35. The third kappa shape index (κ3) is 3.57. The molecule has 0 aliphatic heterocycles. The van der Waals surface area contributed by atoms with Crippen LogP contribution in [0.2, 0.25) is 0 Å². The maximum atomic E-state index is 6.18. The van der Waals surface area contributed by atoms with Gasteiger partial charge in [-0.15, -0.1) is 6.42 Å². The predicted molar refractivity (Wildman–Crippen MR) is 85.1 cm³/mol. The summed E-state index contributed by atoms with van der Waals surface area (Å²) >= 11 is 0. The molecule has 0 unspecified atom stereocenters. The van der Waals surface area contributed by atoms with Gasteiger partial charge in [0.25, 0.3) is 0 Å². The smallest absolute Gasteiger partial charge is 0.138 e. The minimum absolute atomic E-state index is 0.0504. The van der Waals surface area contributed by atoms with Gasteiger partial charge in [-0.2, -0.15) is 0 Å². The Morgan fingerprint density at radius 3 is 2.50 bits per heavy atom. The van der Waals surface area contributed by atoms with Crippen LogP contribution >= 0.6 is 0 Å². The summed E-state index contributed by atoms with van der Waals surface area (Å²) < 4.78 is 6.18. The summed E-state index contributed by atoms with van der Waals surface area (Å²) in [6.07, 6.45) is 12.3. The van der Waals surface area contributed by atoms with E-state index in [0.29, 0.717) is 5.92 Å². The van der Waals surface area contributed by atoms with Gasteiger partial charge < -0.3 is 4.74 Å². The number of benzene rings is 1. The van der Waals surface area contributed by atoms with Crippen LogP contribution in [0.25, 0.3) is 0 Å². The fourth-order valence-electron chi connectivity index (χ4n) is 2.95. The van der Waals surface area contributed by atoms with E-state index in [1.807, 2.05) is 12.1 Å². The Kier molecular flexibility index (Phi) is 4.76. The lowest BCUT2D eigenvalue weighted by atomic mass is 9.85. The second-order valence-electron chi connectivity index (χ2n) is 6.89. The topological polar surface area (TPSA) is 9.23 Å². The van der Waals surface area contributed by atoms with Crippen molar-refractivity contribution in [3.63, 3.8) is 0 Å². The lowest BCUT2D eigenvalue weighted by Crippen LogP contribution is -2.19. The molecule has 0 amide bonds. The molecule has 0 bridgehead atoms. The maximum Gasteiger partial charge on any atom is 0.138 e. The molecule has 0 radical (unpaired) electrons. The largest absolute Gasteiger partial charge is 0.492 e. The van der Waals surface area contributed by atoms with Crippen LogP contribution in [0.15, 0.2) is 18.2 Å². The molecule has 1 nitrogen and oxygen atoms in total. The molecular weight excluding hydrogens is 244 g/mol. The van der Waals surface area contributed by atoms with Crippen LogP contribution in [-0.2, 0) is 5.41 Å². The first kappa shape index (κ1) is 15.0. The van der Waals surface area contributed by atoms with E-state index in [0.717, 1.165) is 17.9 Å². The molecule has 1 aromatic rings. The van der Waals surface area contributed by atoms with E-state index < -0.39 is 0 Å². The van der Waals surface area contributed by atoms with Gasteiger partial charge in [-0.1, -0.05) is 58.1 Å². The third-order valence-corrected chi connectivity index (χ3v) is 4.17. The molecule has 20 heavy (non-hydrogen) atoms. The summed E-state index contributed by atoms with van der Waals surface area (Å²) in [7, 11) is 0. The zero-order valence-corrected chi connectivity index (χ0v) is 13.0. The molecule has 108 valence electrons. The van der Waals surface area contributed by atoms with E-state index in [2.05, 4.69) is 32.8 Å². The molecule has 1 fully saturated rings. The van der Waals surface area contributed by atoms with E-state index in [9.17, 15) is 0 Å². The first-order chi connectivity index (χ1) is 9.52.